The number of carbonyl (C=O) groups is 2. The van der Waals surface area contributed by atoms with Gasteiger partial charge in [0, 0.05) is 26.1 Å². The fourth-order valence-corrected chi connectivity index (χ4v) is 2.80. The van der Waals surface area contributed by atoms with E-state index in [2.05, 4.69) is 10.2 Å². The van der Waals surface area contributed by atoms with Gasteiger partial charge in [-0.05, 0) is 51.7 Å². The lowest BCUT2D eigenvalue weighted by Gasteiger charge is -2.35. The van der Waals surface area contributed by atoms with Crippen molar-refractivity contribution >= 4 is 12.0 Å². The Labute approximate surface area is 127 Å². The molecule has 0 aromatic heterocycles. The lowest BCUT2D eigenvalue weighted by Crippen LogP contribution is -2.47. The molecule has 21 heavy (non-hydrogen) atoms. The molecule has 2 unspecified atom stereocenters. The van der Waals surface area contributed by atoms with E-state index < -0.39 is 5.97 Å². The third-order valence-electron chi connectivity index (χ3n) is 4.10. The average Bonchev–Trinajstić information content (AvgIpc) is 2.42. The number of carboxylic acids is 1. The van der Waals surface area contributed by atoms with Crippen LogP contribution in [0, 0.1) is 11.8 Å². The summed E-state index contributed by atoms with van der Waals surface area (Å²) in [7, 11) is 4.03. The third-order valence-corrected chi connectivity index (χ3v) is 4.10. The fourth-order valence-electron chi connectivity index (χ4n) is 2.80. The molecule has 2 atom stereocenters. The number of nitrogens with one attached hydrogen (secondary N) is 1. The van der Waals surface area contributed by atoms with Crippen LogP contribution in [0.15, 0.2) is 0 Å². The van der Waals surface area contributed by atoms with Gasteiger partial charge in [-0.3, -0.25) is 4.79 Å². The zero-order chi connectivity index (χ0) is 15.8. The molecule has 0 aliphatic carbocycles. The SMILES string of the molecule is CC(CC(=O)O)C1CCCN(C(=O)NCCCN(C)C)C1. The van der Waals surface area contributed by atoms with E-state index in [1.54, 1.807) is 0 Å². The van der Waals surface area contributed by atoms with E-state index in [9.17, 15) is 9.59 Å². The molecule has 6 nitrogen and oxygen atoms in total. The Morgan fingerprint density at radius 1 is 1.43 bits per heavy atom. The molecule has 0 spiro atoms. The zero-order valence-electron chi connectivity index (χ0n) is 13.5. The number of likely N-dealkylation sites (tertiary alicyclic amines) is 1. The standard InChI is InChI=1S/C15H29N3O3/c1-12(10-14(19)20)13-6-4-9-18(11-13)15(21)16-7-5-8-17(2)3/h12-13H,4-11H2,1-3H3,(H,16,21)(H,19,20). The molecular weight excluding hydrogens is 270 g/mol. The minimum Gasteiger partial charge on any atom is -0.481 e. The Hall–Kier alpha value is -1.30. The number of rotatable bonds is 7. The van der Waals surface area contributed by atoms with Gasteiger partial charge >= 0.3 is 12.0 Å². The van der Waals surface area contributed by atoms with Crippen molar-refractivity contribution in [3.63, 3.8) is 0 Å². The number of carbonyl (C=O) groups excluding carboxylic acids is 1. The molecule has 2 N–H and O–H groups in total. The van der Waals surface area contributed by atoms with Crippen LogP contribution in [-0.2, 0) is 4.79 Å². The van der Waals surface area contributed by atoms with E-state index in [0.29, 0.717) is 19.0 Å². The number of piperidine rings is 1. The number of hydrogen-bond acceptors (Lipinski definition) is 3. The zero-order valence-corrected chi connectivity index (χ0v) is 13.5. The highest BCUT2D eigenvalue weighted by molar-refractivity contribution is 5.74. The largest absolute Gasteiger partial charge is 0.481 e. The maximum Gasteiger partial charge on any atom is 0.317 e. The van der Waals surface area contributed by atoms with Gasteiger partial charge in [0.1, 0.15) is 0 Å². The van der Waals surface area contributed by atoms with Gasteiger partial charge in [0.15, 0.2) is 0 Å². The van der Waals surface area contributed by atoms with Gasteiger partial charge in [-0.25, -0.2) is 4.79 Å². The molecule has 2 amide bonds. The van der Waals surface area contributed by atoms with Gasteiger partial charge in [0.25, 0.3) is 0 Å². The van der Waals surface area contributed by atoms with Crippen LogP contribution < -0.4 is 5.32 Å². The maximum absolute atomic E-state index is 12.1. The van der Waals surface area contributed by atoms with Gasteiger partial charge in [-0.15, -0.1) is 0 Å². The van der Waals surface area contributed by atoms with E-state index >= 15 is 0 Å². The second kappa shape index (κ2) is 8.87. The molecule has 0 aromatic rings. The number of urea groups is 1. The van der Waals surface area contributed by atoms with Gasteiger partial charge in [-0.1, -0.05) is 6.92 Å². The molecule has 122 valence electrons. The summed E-state index contributed by atoms with van der Waals surface area (Å²) < 4.78 is 0. The van der Waals surface area contributed by atoms with E-state index in [4.69, 9.17) is 5.11 Å². The third kappa shape index (κ3) is 6.80. The average molecular weight is 299 g/mol. The van der Waals surface area contributed by atoms with Crippen molar-refractivity contribution in [2.75, 3.05) is 40.3 Å². The topological polar surface area (TPSA) is 72.9 Å². The molecule has 0 aromatic carbocycles. The lowest BCUT2D eigenvalue weighted by molar-refractivity contribution is -0.138. The van der Waals surface area contributed by atoms with Crippen LogP contribution in [0.5, 0.6) is 0 Å². The highest BCUT2D eigenvalue weighted by Gasteiger charge is 2.28. The van der Waals surface area contributed by atoms with Gasteiger partial charge in [-0.2, -0.15) is 0 Å². The summed E-state index contributed by atoms with van der Waals surface area (Å²) in [5.74, 6) is -0.345. The van der Waals surface area contributed by atoms with Crippen molar-refractivity contribution in [1.29, 1.82) is 0 Å². The van der Waals surface area contributed by atoms with E-state index in [1.165, 1.54) is 0 Å². The number of aliphatic carboxylic acids is 1. The summed E-state index contributed by atoms with van der Waals surface area (Å²) in [5, 5.41) is 11.8. The predicted octanol–water partition coefficient (Wildman–Crippen LogP) is 1.47. The fraction of sp³-hybridized carbons (Fsp3) is 0.867. The van der Waals surface area contributed by atoms with Crippen LogP contribution in [-0.4, -0.2) is 67.2 Å². The van der Waals surface area contributed by atoms with Crippen LogP contribution in [0.2, 0.25) is 0 Å². The lowest BCUT2D eigenvalue weighted by atomic mass is 9.85. The van der Waals surface area contributed by atoms with Crippen LogP contribution in [0.3, 0.4) is 0 Å². The maximum atomic E-state index is 12.1. The first kappa shape index (κ1) is 17.8. The van der Waals surface area contributed by atoms with Crippen molar-refractivity contribution in [1.82, 2.24) is 15.1 Å². The summed E-state index contributed by atoms with van der Waals surface area (Å²) in [6, 6.07) is -0.0130. The summed E-state index contributed by atoms with van der Waals surface area (Å²) in [6.07, 6.45) is 3.09. The smallest absolute Gasteiger partial charge is 0.317 e. The molecule has 1 aliphatic heterocycles. The van der Waals surface area contributed by atoms with Crippen molar-refractivity contribution in [3.05, 3.63) is 0 Å². The van der Waals surface area contributed by atoms with Gasteiger partial charge in [0.2, 0.25) is 0 Å². The number of amides is 2. The van der Waals surface area contributed by atoms with E-state index in [0.717, 1.165) is 32.4 Å². The second-order valence-corrected chi connectivity index (χ2v) is 6.31. The molecule has 1 rings (SSSR count). The molecule has 1 fully saturated rings. The molecule has 0 saturated carbocycles. The van der Waals surface area contributed by atoms with Crippen LogP contribution in [0.4, 0.5) is 4.79 Å². The highest BCUT2D eigenvalue weighted by Crippen LogP contribution is 2.26. The van der Waals surface area contributed by atoms with Crippen molar-refractivity contribution in [2.45, 2.75) is 32.6 Å². The monoisotopic (exact) mass is 299 g/mol. The summed E-state index contributed by atoms with van der Waals surface area (Å²) in [4.78, 5) is 26.8. The second-order valence-electron chi connectivity index (χ2n) is 6.31. The molecule has 1 saturated heterocycles. The first-order valence-electron chi connectivity index (χ1n) is 7.79. The van der Waals surface area contributed by atoms with Crippen LogP contribution in [0.1, 0.15) is 32.6 Å². The molecule has 1 heterocycles. The Morgan fingerprint density at radius 3 is 2.76 bits per heavy atom. The van der Waals surface area contributed by atoms with Crippen molar-refractivity contribution in [2.24, 2.45) is 11.8 Å². The van der Waals surface area contributed by atoms with Crippen LogP contribution in [0.25, 0.3) is 0 Å². The highest BCUT2D eigenvalue weighted by atomic mass is 16.4. The predicted molar refractivity (Wildman–Crippen MR) is 82.3 cm³/mol. The van der Waals surface area contributed by atoms with Gasteiger partial charge < -0.3 is 20.2 Å². The Bertz CT molecular complexity index is 347. The van der Waals surface area contributed by atoms with E-state index in [1.807, 2.05) is 25.9 Å². The minimum atomic E-state index is -0.757. The minimum absolute atomic E-state index is 0.0130. The number of carboxylic acid groups (broad SMARTS) is 1. The normalized spacial score (nSPS) is 20.4. The van der Waals surface area contributed by atoms with E-state index in [-0.39, 0.29) is 18.4 Å². The Morgan fingerprint density at radius 2 is 2.14 bits per heavy atom. The molecule has 0 bridgehead atoms. The summed E-state index contributed by atoms with van der Waals surface area (Å²) >= 11 is 0. The first-order valence-corrected chi connectivity index (χ1v) is 7.79. The Balaban J connectivity index is 2.34. The first-order chi connectivity index (χ1) is 9.90. The van der Waals surface area contributed by atoms with Crippen molar-refractivity contribution < 1.29 is 14.7 Å². The molecule has 1 aliphatic rings. The summed E-state index contributed by atoms with van der Waals surface area (Å²) in [6.45, 7) is 5.06. The number of nitrogens with zero attached hydrogens (tertiary/aromatic N) is 2. The number of hydrogen-bond donors (Lipinski definition) is 2. The summed E-state index contributed by atoms with van der Waals surface area (Å²) in [5.41, 5.74) is 0. The molecule has 6 heteroatoms. The van der Waals surface area contributed by atoms with Crippen molar-refractivity contribution in [3.8, 4) is 0 Å². The van der Waals surface area contributed by atoms with Gasteiger partial charge in [0.05, 0.1) is 0 Å². The quantitative estimate of drug-likeness (QED) is 0.698. The molecular formula is C15H29N3O3. The van der Waals surface area contributed by atoms with Crippen LogP contribution >= 0.6 is 0 Å². The molecule has 0 radical (unpaired) electrons. The Kier molecular flexibility index (Phi) is 7.50.